The van der Waals surface area contributed by atoms with E-state index in [1.807, 2.05) is 12.3 Å². The van der Waals surface area contributed by atoms with Crippen LogP contribution in [0.1, 0.15) is 0 Å². The Balaban J connectivity index is 1.29. The summed E-state index contributed by atoms with van der Waals surface area (Å²) in [7, 11) is 0. The predicted molar refractivity (Wildman–Crippen MR) is 168 cm³/mol. The Labute approximate surface area is 232 Å². The number of aromatic nitrogens is 2. The van der Waals surface area contributed by atoms with E-state index >= 15 is 0 Å². The smallest absolute Gasteiger partial charge is 0.0972 e. The van der Waals surface area contributed by atoms with Crippen molar-refractivity contribution in [3.05, 3.63) is 146 Å². The van der Waals surface area contributed by atoms with Crippen LogP contribution < -0.4 is 0 Å². The van der Waals surface area contributed by atoms with E-state index in [1.54, 1.807) is 0 Å². The highest BCUT2D eigenvalue weighted by Gasteiger charge is 2.13. The maximum atomic E-state index is 5.15. The van der Waals surface area contributed by atoms with Gasteiger partial charge in [-0.1, -0.05) is 121 Å². The molecule has 0 saturated carbocycles. The molecule has 0 saturated heterocycles. The molecule has 186 valence electrons. The molecule has 0 amide bonds. The number of hydrogen-bond donors (Lipinski definition) is 0. The van der Waals surface area contributed by atoms with Gasteiger partial charge in [0.1, 0.15) is 0 Å². The molecule has 2 aromatic heterocycles. The van der Waals surface area contributed by atoms with Crippen molar-refractivity contribution in [1.29, 1.82) is 0 Å². The lowest BCUT2D eigenvalue weighted by molar-refractivity contribution is 1.37. The summed E-state index contributed by atoms with van der Waals surface area (Å²) in [6, 6.07) is 49.7. The molecule has 0 unspecified atom stereocenters. The maximum absolute atomic E-state index is 5.15. The van der Waals surface area contributed by atoms with Gasteiger partial charge in [0.25, 0.3) is 0 Å². The molecular weight excluding hydrogens is 484 g/mol. The number of benzene rings is 6. The van der Waals surface area contributed by atoms with Crippen molar-refractivity contribution in [2.45, 2.75) is 0 Å². The minimum Gasteiger partial charge on any atom is -0.254 e. The second-order valence-corrected chi connectivity index (χ2v) is 10.2. The summed E-state index contributed by atoms with van der Waals surface area (Å²) in [5.41, 5.74) is 8.85. The second-order valence-electron chi connectivity index (χ2n) is 10.2. The monoisotopic (exact) mass is 508 g/mol. The van der Waals surface area contributed by atoms with Crippen LogP contribution in [0, 0.1) is 0 Å². The highest BCUT2D eigenvalue weighted by Crippen LogP contribution is 2.38. The topological polar surface area (TPSA) is 25.8 Å². The highest BCUT2D eigenvalue weighted by molar-refractivity contribution is 6.07. The van der Waals surface area contributed by atoms with Gasteiger partial charge in [-0.05, 0) is 62.0 Å². The third-order valence-electron chi connectivity index (χ3n) is 7.91. The first-order chi connectivity index (χ1) is 19.8. The fraction of sp³-hybridized carbons (Fsp3) is 0. The minimum atomic E-state index is 0.937. The molecule has 6 aromatic carbocycles. The maximum Gasteiger partial charge on any atom is 0.0972 e. The van der Waals surface area contributed by atoms with E-state index in [-0.39, 0.29) is 0 Å². The molecule has 0 aliphatic rings. The molecule has 0 aliphatic heterocycles. The Bertz CT molecular complexity index is 2220. The summed E-state index contributed by atoms with van der Waals surface area (Å²) in [5, 5.41) is 7.13. The Hall–Kier alpha value is -5.34. The second kappa shape index (κ2) is 9.14. The summed E-state index contributed by atoms with van der Waals surface area (Å²) in [6.45, 7) is 0. The SMILES string of the molecule is c1cc(-c2cccc3ccccc23)cc(-c2ccc(-c3ccc4ccc5cccnc5c4n3)c3ccccc23)c1. The molecule has 0 bridgehead atoms. The minimum absolute atomic E-state index is 0.937. The van der Waals surface area contributed by atoms with Crippen molar-refractivity contribution in [1.82, 2.24) is 9.97 Å². The van der Waals surface area contributed by atoms with Crippen molar-refractivity contribution >= 4 is 43.4 Å². The third kappa shape index (κ3) is 3.65. The lowest BCUT2D eigenvalue weighted by Crippen LogP contribution is -1.91. The van der Waals surface area contributed by atoms with Gasteiger partial charge in [-0.2, -0.15) is 0 Å². The molecule has 40 heavy (non-hydrogen) atoms. The van der Waals surface area contributed by atoms with Crippen LogP contribution >= 0.6 is 0 Å². The molecular formula is C38H24N2. The van der Waals surface area contributed by atoms with Crippen LogP contribution in [0.25, 0.3) is 76.9 Å². The van der Waals surface area contributed by atoms with Crippen LogP contribution in [0.4, 0.5) is 0 Å². The molecule has 0 fully saturated rings. The molecule has 8 aromatic rings. The van der Waals surface area contributed by atoms with E-state index in [2.05, 4.69) is 138 Å². The lowest BCUT2D eigenvalue weighted by Gasteiger charge is -2.14. The summed E-state index contributed by atoms with van der Waals surface area (Å²) in [4.78, 5) is 9.80. The van der Waals surface area contributed by atoms with Crippen LogP contribution in [0.5, 0.6) is 0 Å². The van der Waals surface area contributed by atoms with Crippen molar-refractivity contribution in [3.63, 3.8) is 0 Å². The highest BCUT2D eigenvalue weighted by atomic mass is 14.8. The summed E-state index contributed by atoms with van der Waals surface area (Å²) < 4.78 is 0. The zero-order chi connectivity index (χ0) is 26.5. The molecule has 0 aliphatic carbocycles. The zero-order valence-electron chi connectivity index (χ0n) is 21.8. The van der Waals surface area contributed by atoms with E-state index in [0.29, 0.717) is 0 Å². The summed E-state index contributed by atoms with van der Waals surface area (Å²) >= 11 is 0. The van der Waals surface area contributed by atoms with Crippen LogP contribution in [0.15, 0.2) is 146 Å². The Morgan fingerprint density at radius 3 is 1.82 bits per heavy atom. The zero-order valence-corrected chi connectivity index (χ0v) is 21.8. The molecule has 0 spiro atoms. The molecule has 2 nitrogen and oxygen atoms in total. The number of hydrogen-bond acceptors (Lipinski definition) is 2. The molecule has 2 heterocycles. The lowest BCUT2D eigenvalue weighted by atomic mass is 9.91. The number of pyridine rings is 2. The quantitative estimate of drug-likeness (QED) is 0.222. The van der Waals surface area contributed by atoms with Gasteiger partial charge in [0.05, 0.1) is 16.7 Å². The molecule has 0 N–H and O–H groups in total. The van der Waals surface area contributed by atoms with Gasteiger partial charge in [-0.3, -0.25) is 4.98 Å². The van der Waals surface area contributed by atoms with Crippen molar-refractivity contribution < 1.29 is 0 Å². The van der Waals surface area contributed by atoms with Crippen molar-refractivity contribution in [2.75, 3.05) is 0 Å². The van der Waals surface area contributed by atoms with Crippen LogP contribution in [-0.2, 0) is 0 Å². The van der Waals surface area contributed by atoms with Crippen LogP contribution in [-0.4, -0.2) is 9.97 Å². The number of nitrogens with zero attached hydrogens (tertiary/aromatic N) is 2. The van der Waals surface area contributed by atoms with Crippen LogP contribution in [0.2, 0.25) is 0 Å². The fourth-order valence-corrected chi connectivity index (χ4v) is 5.98. The van der Waals surface area contributed by atoms with Gasteiger partial charge in [0.15, 0.2) is 0 Å². The average molecular weight is 509 g/mol. The third-order valence-corrected chi connectivity index (χ3v) is 7.91. The van der Waals surface area contributed by atoms with E-state index in [9.17, 15) is 0 Å². The van der Waals surface area contributed by atoms with Gasteiger partial charge in [0.2, 0.25) is 0 Å². The van der Waals surface area contributed by atoms with E-state index < -0.39 is 0 Å². The standard InChI is InChI=1S/C38H24N2/c1-2-13-30-25(8-1)9-6-16-31(30)28-10-5-11-29(24-28)32-20-21-35(34-15-4-3-14-33(32)34)36-22-19-27-18-17-26-12-7-23-39-37(26)38(27)40-36/h1-24H. The van der Waals surface area contributed by atoms with Crippen LogP contribution in [0.3, 0.4) is 0 Å². The first-order valence-electron chi connectivity index (χ1n) is 13.6. The first-order valence-corrected chi connectivity index (χ1v) is 13.6. The van der Waals surface area contributed by atoms with E-state index in [4.69, 9.17) is 4.98 Å². The van der Waals surface area contributed by atoms with Gasteiger partial charge >= 0.3 is 0 Å². The fourth-order valence-electron chi connectivity index (χ4n) is 5.98. The van der Waals surface area contributed by atoms with Gasteiger partial charge in [-0.15, -0.1) is 0 Å². The van der Waals surface area contributed by atoms with E-state index in [1.165, 1.54) is 43.8 Å². The molecule has 0 radical (unpaired) electrons. The Morgan fingerprint density at radius 2 is 0.975 bits per heavy atom. The predicted octanol–water partition coefficient (Wildman–Crippen LogP) is 10.1. The Morgan fingerprint density at radius 1 is 0.375 bits per heavy atom. The Kier molecular flexibility index (Phi) is 5.17. The molecule has 0 atom stereocenters. The van der Waals surface area contributed by atoms with Crippen molar-refractivity contribution in [3.8, 4) is 33.5 Å². The summed E-state index contributed by atoms with van der Waals surface area (Å²) in [5.74, 6) is 0. The normalized spacial score (nSPS) is 11.5. The van der Waals surface area contributed by atoms with E-state index in [0.717, 1.165) is 33.1 Å². The molecule has 2 heteroatoms. The average Bonchev–Trinajstić information content (AvgIpc) is 3.04. The largest absolute Gasteiger partial charge is 0.254 e. The molecule has 8 rings (SSSR count). The number of rotatable bonds is 3. The van der Waals surface area contributed by atoms with Crippen molar-refractivity contribution in [2.24, 2.45) is 0 Å². The van der Waals surface area contributed by atoms with Gasteiger partial charge < -0.3 is 0 Å². The van der Waals surface area contributed by atoms with Gasteiger partial charge in [0, 0.05) is 22.5 Å². The first kappa shape index (κ1) is 22.6. The summed E-state index contributed by atoms with van der Waals surface area (Å²) in [6.07, 6.45) is 1.84. The van der Waals surface area contributed by atoms with Gasteiger partial charge in [-0.25, -0.2) is 4.98 Å². The number of fused-ring (bicyclic) bond motifs is 5.